The van der Waals surface area contributed by atoms with E-state index in [-0.39, 0.29) is 0 Å². The normalized spacial score (nSPS) is 12.0. The van der Waals surface area contributed by atoms with Crippen LogP contribution in [0.5, 0.6) is 0 Å². The third-order valence-electron chi connectivity index (χ3n) is 11.7. The van der Waals surface area contributed by atoms with Gasteiger partial charge in [-0.1, -0.05) is 97.1 Å². The highest BCUT2D eigenvalue weighted by Crippen LogP contribution is 2.48. The molecule has 0 aliphatic carbocycles. The molecule has 8 aromatic carbocycles. The van der Waals surface area contributed by atoms with Crippen molar-refractivity contribution in [3.05, 3.63) is 188 Å². The predicted octanol–water partition coefficient (Wildman–Crippen LogP) is 16.6. The summed E-state index contributed by atoms with van der Waals surface area (Å²) in [5.41, 5.74) is 9.06. The van der Waals surface area contributed by atoms with Crippen LogP contribution in [0.15, 0.2) is 197 Å². The van der Waals surface area contributed by atoms with E-state index in [9.17, 15) is 0 Å². The second-order valence-corrected chi connectivity index (χ2v) is 17.2. The fraction of sp³-hybridized carbons (Fsp3) is 0. The molecule has 0 unspecified atom stereocenters. The lowest BCUT2D eigenvalue weighted by Crippen LogP contribution is -2.09. The number of benzene rings is 8. The van der Waals surface area contributed by atoms with Gasteiger partial charge >= 0.3 is 0 Å². The van der Waals surface area contributed by atoms with Gasteiger partial charge in [0.1, 0.15) is 11.2 Å². The monoisotopic (exact) mass is 805 g/mol. The van der Waals surface area contributed by atoms with Crippen molar-refractivity contribution in [2.24, 2.45) is 0 Å². The van der Waals surface area contributed by atoms with E-state index in [4.69, 9.17) is 13.8 Å². The molecule has 0 fully saturated rings. The number of fused-ring (bicyclic) bond motifs is 12. The Morgan fingerprint density at radius 3 is 1.25 bits per heavy atom. The van der Waals surface area contributed by atoms with Gasteiger partial charge in [0, 0.05) is 87.4 Å². The van der Waals surface area contributed by atoms with Crippen LogP contribution in [-0.2, 0) is 0 Å². The van der Waals surface area contributed by atoms with Crippen LogP contribution < -0.4 is 9.80 Å². The number of para-hydroxylation sites is 2. The highest BCUT2D eigenvalue weighted by molar-refractivity contribution is 7.26. The SMILES string of the molecule is c1ccc(N(c2ccc3c(c2)oc2nc4oc5cc(N(c6ccccc6)c6cccc7c6sc6ccccc67)ccc5c4cc23)c2cccc3c2sc2ccccc23)cc1. The maximum Gasteiger partial charge on any atom is 0.230 e. The first-order valence-corrected chi connectivity index (χ1v) is 21.6. The number of furan rings is 2. The van der Waals surface area contributed by atoms with Gasteiger partial charge < -0.3 is 18.6 Å². The molecule has 5 nitrogen and oxygen atoms in total. The van der Waals surface area contributed by atoms with Crippen LogP contribution in [0.25, 0.3) is 84.5 Å². The minimum atomic E-state index is 0.550. The third kappa shape index (κ3) is 5.06. The zero-order valence-corrected chi connectivity index (χ0v) is 33.5. The maximum atomic E-state index is 6.60. The van der Waals surface area contributed by atoms with E-state index in [0.29, 0.717) is 11.4 Å². The number of thiophene rings is 2. The molecule has 0 aliphatic rings. The minimum absolute atomic E-state index is 0.550. The van der Waals surface area contributed by atoms with Crippen LogP contribution in [0, 0.1) is 0 Å². The van der Waals surface area contributed by atoms with Crippen molar-refractivity contribution < 1.29 is 8.83 Å². The van der Waals surface area contributed by atoms with Gasteiger partial charge in [0.2, 0.25) is 11.4 Å². The number of aromatic nitrogens is 1. The summed E-state index contributed by atoms with van der Waals surface area (Å²) in [6.45, 7) is 0. The molecule has 0 saturated heterocycles. The molecule has 0 aliphatic heterocycles. The third-order valence-corrected chi connectivity index (χ3v) is 14.1. The van der Waals surface area contributed by atoms with E-state index in [1.54, 1.807) is 0 Å². The average molecular weight is 806 g/mol. The summed E-state index contributed by atoms with van der Waals surface area (Å²) in [5, 5.41) is 8.99. The first-order valence-electron chi connectivity index (χ1n) is 19.9. The zero-order chi connectivity index (χ0) is 39.3. The lowest BCUT2D eigenvalue weighted by molar-refractivity contribution is 0.631. The molecule has 13 aromatic rings. The van der Waals surface area contributed by atoms with Gasteiger partial charge in [-0.05, 0) is 78.9 Å². The number of hydrogen-bond acceptors (Lipinski definition) is 7. The van der Waals surface area contributed by atoms with E-state index in [1.807, 2.05) is 22.7 Å². The van der Waals surface area contributed by atoms with Crippen LogP contribution in [0.3, 0.4) is 0 Å². The molecule has 7 heteroatoms. The molecule has 0 saturated carbocycles. The van der Waals surface area contributed by atoms with E-state index >= 15 is 0 Å². The van der Waals surface area contributed by atoms with Crippen LogP contribution >= 0.6 is 22.7 Å². The molecule has 0 amide bonds. The lowest BCUT2D eigenvalue weighted by atomic mass is 10.1. The fourth-order valence-electron chi connectivity index (χ4n) is 8.97. The number of rotatable bonds is 6. The first kappa shape index (κ1) is 33.5. The summed E-state index contributed by atoms with van der Waals surface area (Å²) in [5.74, 6) is 0. The number of pyridine rings is 1. The Morgan fingerprint density at radius 1 is 0.333 bits per heavy atom. The van der Waals surface area contributed by atoms with Gasteiger partial charge in [-0.25, -0.2) is 0 Å². The van der Waals surface area contributed by atoms with Gasteiger partial charge in [0.25, 0.3) is 0 Å². The molecular formula is C53H31N3O2S2. The Balaban J connectivity index is 0.938. The fourth-order valence-corrected chi connectivity index (χ4v) is 11.4. The van der Waals surface area contributed by atoms with E-state index in [2.05, 4.69) is 198 Å². The van der Waals surface area contributed by atoms with Crippen molar-refractivity contribution in [3.63, 3.8) is 0 Å². The van der Waals surface area contributed by atoms with Gasteiger partial charge in [0.05, 0.1) is 20.8 Å². The highest BCUT2D eigenvalue weighted by atomic mass is 32.1. The second kappa shape index (κ2) is 13.0. The Kier molecular flexibility index (Phi) is 7.28. The topological polar surface area (TPSA) is 45.7 Å². The summed E-state index contributed by atoms with van der Waals surface area (Å²) < 4.78 is 18.2. The second-order valence-electron chi connectivity index (χ2n) is 15.1. The number of hydrogen-bond donors (Lipinski definition) is 0. The van der Waals surface area contributed by atoms with Crippen molar-refractivity contribution in [2.45, 2.75) is 0 Å². The minimum Gasteiger partial charge on any atom is -0.438 e. The Bertz CT molecular complexity index is 3560. The standard InChI is InChI=1S/C53H31N3O2S2/c1-3-13-32(14-4-1)55(44-21-11-19-40-38-17-7-9-23-48(38)59-50(40)44)34-25-27-36-42-31-43-37-28-26-35(30-47(37)58-53(43)54-52(42)57-46(36)29-34)56(33-15-5-2-6-16-33)45-22-12-20-41-39-18-8-10-24-49(39)60-51(41)45/h1-31H. The maximum absolute atomic E-state index is 6.60. The molecule has 0 bridgehead atoms. The summed E-state index contributed by atoms with van der Waals surface area (Å²) >= 11 is 3.66. The van der Waals surface area contributed by atoms with Crippen LogP contribution in [0.2, 0.25) is 0 Å². The van der Waals surface area contributed by atoms with Gasteiger partial charge in [-0.3, -0.25) is 0 Å². The molecule has 5 aromatic heterocycles. The molecule has 60 heavy (non-hydrogen) atoms. The molecule has 5 heterocycles. The van der Waals surface area contributed by atoms with Crippen LogP contribution in [0.4, 0.5) is 34.1 Å². The molecule has 0 spiro atoms. The van der Waals surface area contributed by atoms with Crippen molar-refractivity contribution in [1.29, 1.82) is 0 Å². The summed E-state index contributed by atoms with van der Waals surface area (Å²) in [7, 11) is 0. The molecule has 0 atom stereocenters. The Hall–Kier alpha value is -7.45. The smallest absolute Gasteiger partial charge is 0.230 e. The zero-order valence-electron chi connectivity index (χ0n) is 31.9. The Labute approximate surface area is 351 Å². The molecule has 282 valence electrons. The molecule has 13 rings (SSSR count). The van der Waals surface area contributed by atoms with E-state index in [0.717, 1.165) is 66.8 Å². The molecule has 0 N–H and O–H groups in total. The van der Waals surface area contributed by atoms with E-state index in [1.165, 1.54) is 40.3 Å². The van der Waals surface area contributed by atoms with Gasteiger partial charge in [-0.15, -0.1) is 22.7 Å². The number of nitrogens with zero attached hydrogens (tertiary/aromatic N) is 3. The van der Waals surface area contributed by atoms with Crippen molar-refractivity contribution in [2.75, 3.05) is 9.80 Å². The quantitative estimate of drug-likeness (QED) is 0.167. The first-order chi connectivity index (χ1) is 29.7. The van der Waals surface area contributed by atoms with E-state index < -0.39 is 0 Å². The Morgan fingerprint density at radius 2 is 0.767 bits per heavy atom. The van der Waals surface area contributed by atoms with Crippen molar-refractivity contribution >= 4 is 141 Å². The summed E-state index contributed by atoms with van der Waals surface area (Å²) in [6.07, 6.45) is 0. The average Bonchev–Trinajstić information content (AvgIpc) is 4.06. The molecular weight excluding hydrogens is 775 g/mol. The van der Waals surface area contributed by atoms with Gasteiger partial charge in [-0.2, -0.15) is 4.98 Å². The van der Waals surface area contributed by atoms with Crippen molar-refractivity contribution in [3.8, 4) is 0 Å². The summed E-state index contributed by atoms with van der Waals surface area (Å²) in [4.78, 5) is 9.66. The van der Waals surface area contributed by atoms with Crippen LogP contribution in [-0.4, -0.2) is 4.98 Å². The summed E-state index contributed by atoms with van der Waals surface area (Å²) in [6, 6.07) is 66.7. The predicted molar refractivity (Wildman–Crippen MR) is 254 cm³/mol. The lowest BCUT2D eigenvalue weighted by Gasteiger charge is -2.26. The largest absolute Gasteiger partial charge is 0.438 e. The highest BCUT2D eigenvalue weighted by Gasteiger charge is 2.23. The molecule has 0 radical (unpaired) electrons. The van der Waals surface area contributed by atoms with Crippen LogP contribution in [0.1, 0.15) is 0 Å². The van der Waals surface area contributed by atoms with Crippen molar-refractivity contribution in [1.82, 2.24) is 4.98 Å². The van der Waals surface area contributed by atoms with Gasteiger partial charge in [0.15, 0.2) is 0 Å². The number of anilines is 6.